The van der Waals surface area contributed by atoms with Crippen LogP contribution in [0.4, 0.5) is 14.5 Å². The molecule has 2 aromatic rings. The zero-order valence-electron chi connectivity index (χ0n) is 17.3. The van der Waals surface area contributed by atoms with E-state index in [0.29, 0.717) is 32.0 Å². The van der Waals surface area contributed by atoms with E-state index in [4.69, 9.17) is 17.0 Å². The number of ether oxygens (including phenoxy) is 1. The van der Waals surface area contributed by atoms with Gasteiger partial charge in [-0.3, -0.25) is 9.69 Å². The van der Waals surface area contributed by atoms with Crippen LogP contribution >= 0.6 is 12.2 Å². The maximum absolute atomic E-state index is 14.7. The normalized spacial score (nSPS) is 19.5. The van der Waals surface area contributed by atoms with Gasteiger partial charge in [0.2, 0.25) is 0 Å². The van der Waals surface area contributed by atoms with E-state index in [1.807, 2.05) is 31.2 Å². The first kappa shape index (κ1) is 21.4. The van der Waals surface area contributed by atoms with E-state index in [2.05, 4.69) is 5.32 Å². The summed E-state index contributed by atoms with van der Waals surface area (Å²) in [5.41, 5.74) is 2.38. The number of morpholine rings is 1. The molecule has 2 aliphatic rings. The molecule has 2 aromatic carbocycles. The second-order valence-corrected chi connectivity index (χ2v) is 7.98. The van der Waals surface area contributed by atoms with Gasteiger partial charge in [-0.2, -0.15) is 0 Å². The first-order valence-electron chi connectivity index (χ1n) is 10.1. The van der Waals surface area contributed by atoms with E-state index >= 15 is 0 Å². The Morgan fingerprint density at radius 3 is 2.39 bits per heavy atom. The summed E-state index contributed by atoms with van der Waals surface area (Å²) in [6, 6.07) is 10.3. The Bertz CT molecular complexity index is 1050. The van der Waals surface area contributed by atoms with Crippen LogP contribution in [-0.2, 0) is 9.53 Å². The Labute approximate surface area is 185 Å². The van der Waals surface area contributed by atoms with Gasteiger partial charge in [0.05, 0.1) is 30.4 Å². The van der Waals surface area contributed by atoms with Crippen molar-refractivity contribution >= 4 is 28.9 Å². The van der Waals surface area contributed by atoms with Crippen molar-refractivity contribution in [3.63, 3.8) is 0 Å². The number of allylic oxidation sites excluding steroid dienone is 1. The van der Waals surface area contributed by atoms with Gasteiger partial charge < -0.3 is 15.0 Å². The molecule has 1 fully saturated rings. The Morgan fingerprint density at radius 1 is 1.10 bits per heavy atom. The highest BCUT2D eigenvalue weighted by Crippen LogP contribution is 2.36. The highest BCUT2D eigenvalue weighted by molar-refractivity contribution is 7.80. The lowest BCUT2D eigenvalue weighted by molar-refractivity contribution is -0.131. The maximum atomic E-state index is 14.7. The lowest BCUT2D eigenvalue weighted by Gasteiger charge is -2.40. The van der Waals surface area contributed by atoms with Gasteiger partial charge in [-0.05, 0) is 55.9 Å². The number of benzene rings is 2. The third-order valence-corrected chi connectivity index (χ3v) is 5.86. The minimum absolute atomic E-state index is 0.218. The van der Waals surface area contributed by atoms with Gasteiger partial charge in [0.25, 0.3) is 5.91 Å². The molecule has 8 heteroatoms. The highest BCUT2D eigenvalue weighted by Gasteiger charge is 2.39. The third-order valence-electron chi connectivity index (χ3n) is 5.56. The summed E-state index contributed by atoms with van der Waals surface area (Å²) in [7, 11) is 0. The molecular weight excluding hydrogens is 420 g/mol. The van der Waals surface area contributed by atoms with Crippen LogP contribution in [0, 0.1) is 18.6 Å². The van der Waals surface area contributed by atoms with Crippen LogP contribution in [-0.4, -0.2) is 42.2 Å². The van der Waals surface area contributed by atoms with Gasteiger partial charge in [0, 0.05) is 24.5 Å². The number of rotatable bonds is 3. The molecule has 31 heavy (non-hydrogen) atoms. The summed E-state index contributed by atoms with van der Waals surface area (Å²) in [4.78, 5) is 17.0. The molecule has 162 valence electrons. The number of hydrogen-bond acceptors (Lipinski definition) is 3. The van der Waals surface area contributed by atoms with E-state index in [1.54, 1.807) is 16.7 Å². The molecule has 1 N–H and O–H groups in total. The molecule has 0 aromatic heterocycles. The minimum atomic E-state index is -1.04. The van der Waals surface area contributed by atoms with Crippen molar-refractivity contribution in [1.82, 2.24) is 10.2 Å². The largest absolute Gasteiger partial charge is 0.378 e. The fourth-order valence-electron chi connectivity index (χ4n) is 4.04. The quantitative estimate of drug-likeness (QED) is 0.731. The number of carbonyl (C=O) groups is 1. The number of carbonyl (C=O) groups excluding carboxylic acids is 1. The standard InChI is InChI=1S/C23H23F2N3O2S/c1-14-5-3-6-16(13-14)28-15(2)19(22(29)27-9-11-30-12-10-27)21(26-23(28)31)20-17(24)7-4-8-18(20)25/h3-8,13,21H,9-12H2,1-2H3,(H,26,31). The van der Waals surface area contributed by atoms with Crippen LogP contribution in [0.25, 0.3) is 0 Å². The first-order chi connectivity index (χ1) is 14.9. The van der Waals surface area contributed by atoms with Crippen LogP contribution in [0.1, 0.15) is 24.1 Å². The molecule has 4 rings (SSSR count). The summed E-state index contributed by atoms with van der Waals surface area (Å²) in [5, 5.41) is 3.30. The molecule has 0 aliphatic carbocycles. The summed E-state index contributed by atoms with van der Waals surface area (Å²) in [6.07, 6.45) is 0. The number of aryl methyl sites for hydroxylation is 1. The number of amides is 1. The monoisotopic (exact) mass is 443 g/mol. The average molecular weight is 444 g/mol. The number of thiocarbonyl (C=S) groups is 1. The number of anilines is 1. The van der Waals surface area contributed by atoms with E-state index in [9.17, 15) is 13.6 Å². The SMILES string of the molecule is CC1=C(C(=O)N2CCOCC2)C(c2c(F)cccc2F)NC(=S)N1c1cccc(C)c1. The molecule has 0 saturated carbocycles. The molecule has 5 nitrogen and oxygen atoms in total. The summed E-state index contributed by atoms with van der Waals surface area (Å²) >= 11 is 5.58. The molecule has 2 heterocycles. The van der Waals surface area contributed by atoms with Gasteiger partial charge >= 0.3 is 0 Å². The van der Waals surface area contributed by atoms with Crippen LogP contribution < -0.4 is 10.2 Å². The predicted molar refractivity (Wildman–Crippen MR) is 119 cm³/mol. The van der Waals surface area contributed by atoms with E-state index in [1.165, 1.54) is 18.2 Å². The van der Waals surface area contributed by atoms with E-state index in [-0.39, 0.29) is 22.2 Å². The number of halogens is 2. The van der Waals surface area contributed by atoms with Crippen LogP contribution in [0.3, 0.4) is 0 Å². The van der Waals surface area contributed by atoms with Gasteiger partial charge in [-0.25, -0.2) is 8.78 Å². The Hall–Kier alpha value is -2.84. The molecule has 1 unspecified atom stereocenters. The minimum Gasteiger partial charge on any atom is -0.378 e. The molecule has 0 radical (unpaired) electrons. The van der Waals surface area contributed by atoms with Crippen molar-refractivity contribution in [2.24, 2.45) is 0 Å². The molecule has 0 spiro atoms. The van der Waals surface area contributed by atoms with Crippen molar-refractivity contribution in [2.45, 2.75) is 19.9 Å². The summed E-state index contributed by atoms with van der Waals surface area (Å²) < 4.78 is 34.8. The zero-order chi connectivity index (χ0) is 22.1. The van der Waals surface area contributed by atoms with Crippen molar-refractivity contribution in [3.8, 4) is 0 Å². The van der Waals surface area contributed by atoms with E-state index in [0.717, 1.165) is 11.3 Å². The van der Waals surface area contributed by atoms with Gasteiger partial charge in [-0.15, -0.1) is 0 Å². The van der Waals surface area contributed by atoms with E-state index < -0.39 is 17.7 Å². The van der Waals surface area contributed by atoms with Crippen LogP contribution in [0.15, 0.2) is 53.7 Å². The lowest BCUT2D eigenvalue weighted by Crippen LogP contribution is -2.51. The number of nitrogens with zero attached hydrogens (tertiary/aromatic N) is 2. The Morgan fingerprint density at radius 2 is 1.74 bits per heavy atom. The Balaban J connectivity index is 1.87. The van der Waals surface area contributed by atoms with Gasteiger partial charge in [0.15, 0.2) is 5.11 Å². The highest BCUT2D eigenvalue weighted by atomic mass is 32.1. The fraction of sp³-hybridized carbons (Fsp3) is 0.304. The smallest absolute Gasteiger partial charge is 0.254 e. The molecule has 0 bridgehead atoms. The molecule has 1 amide bonds. The molecule has 1 saturated heterocycles. The second-order valence-electron chi connectivity index (χ2n) is 7.60. The number of hydrogen-bond donors (Lipinski definition) is 1. The lowest BCUT2D eigenvalue weighted by atomic mass is 9.92. The molecule has 2 aliphatic heterocycles. The average Bonchev–Trinajstić information content (AvgIpc) is 2.74. The van der Waals surface area contributed by atoms with Crippen molar-refractivity contribution in [1.29, 1.82) is 0 Å². The molecule has 1 atom stereocenters. The Kier molecular flexibility index (Phi) is 6.02. The third kappa shape index (κ3) is 4.05. The van der Waals surface area contributed by atoms with Crippen molar-refractivity contribution < 1.29 is 18.3 Å². The topological polar surface area (TPSA) is 44.8 Å². The summed E-state index contributed by atoms with van der Waals surface area (Å²) in [6.45, 7) is 5.39. The predicted octanol–water partition coefficient (Wildman–Crippen LogP) is 3.84. The van der Waals surface area contributed by atoms with Crippen LogP contribution in [0.5, 0.6) is 0 Å². The summed E-state index contributed by atoms with van der Waals surface area (Å²) in [5.74, 6) is -1.75. The first-order valence-corrected chi connectivity index (χ1v) is 10.5. The number of nitrogens with one attached hydrogen (secondary N) is 1. The zero-order valence-corrected chi connectivity index (χ0v) is 18.1. The second kappa shape index (κ2) is 8.72. The maximum Gasteiger partial charge on any atom is 0.254 e. The van der Waals surface area contributed by atoms with Gasteiger partial charge in [0.1, 0.15) is 11.6 Å². The fourth-order valence-corrected chi connectivity index (χ4v) is 4.40. The van der Waals surface area contributed by atoms with Crippen molar-refractivity contribution in [3.05, 3.63) is 76.5 Å². The van der Waals surface area contributed by atoms with Crippen molar-refractivity contribution in [2.75, 3.05) is 31.2 Å². The van der Waals surface area contributed by atoms with Crippen LogP contribution in [0.2, 0.25) is 0 Å². The molecular formula is C23H23F2N3O2S. The van der Waals surface area contributed by atoms with Gasteiger partial charge in [-0.1, -0.05) is 18.2 Å².